The van der Waals surface area contributed by atoms with Gasteiger partial charge in [0, 0.05) is 5.02 Å². The molecule has 0 saturated carbocycles. The third-order valence-electron chi connectivity index (χ3n) is 1.55. The Hall–Kier alpha value is -1.22. The number of hydrogen-bond donors (Lipinski definition) is 2. The minimum atomic E-state index is 0.0950. The van der Waals surface area contributed by atoms with E-state index >= 15 is 0 Å². The van der Waals surface area contributed by atoms with Crippen molar-refractivity contribution in [3.8, 4) is 0 Å². The Balaban J connectivity index is 2.83. The van der Waals surface area contributed by atoms with Gasteiger partial charge in [0.2, 0.25) is 0 Å². The van der Waals surface area contributed by atoms with Crippen LogP contribution in [-0.2, 0) is 6.54 Å². The molecule has 0 aliphatic heterocycles. The Morgan fingerprint density at radius 2 is 2.08 bits per heavy atom. The van der Waals surface area contributed by atoms with Gasteiger partial charge in [-0.15, -0.1) is 0 Å². The van der Waals surface area contributed by atoms with Crippen LogP contribution in [0.3, 0.4) is 0 Å². The van der Waals surface area contributed by atoms with Crippen molar-refractivity contribution in [3.05, 3.63) is 34.3 Å². The Morgan fingerprint density at radius 1 is 1.38 bits per heavy atom. The second kappa shape index (κ2) is 4.14. The molecule has 0 unspecified atom stereocenters. The molecule has 0 aliphatic rings. The summed E-state index contributed by atoms with van der Waals surface area (Å²) in [4.78, 5) is 3.89. The molecule has 0 spiro atoms. The number of halogens is 1. The number of nitrogens with zero attached hydrogens (tertiary/aromatic N) is 1. The van der Waals surface area contributed by atoms with Crippen molar-refractivity contribution in [2.45, 2.75) is 13.5 Å². The summed E-state index contributed by atoms with van der Waals surface area (Å²) in [5.74, 6) is 0.0950. The largest absolute Gasteiger partial charge is 0.370 e. The Bertz CT molecular complexity index is 309. The molecule has 0 fully saturated rings. The van der Waals surface area contributed by atoms with Gasteiger partial charge in [0.15, 0.2) is 5.96 Å². The maximum atomic E-state index is 5.85. The highest BCUT2D eigenvalue weighted by molar-refractivity contribution is 6.30. The first kappa shape index (κ1) is 9.86. The van der Waals surface area contributed by atoms with Crippen molar-refractivity contribution in [1.29, 1.82) is 0 Å². The highest BCUT2D eigenvalue weighted by atomic mass is 35.5. The lowest BCUT2D eigenvalue weighted by Crippen LogP contribution is -2.22. The van der Waals surface area contributed by atoms with E-state index in [0.717, 1.165) is 11.1 Å². The van der Waals surface area contributed by atoms with E-state index < -0.39 is 0 Å². The van der Waals surface area contributed by atoms with Crippen LogP contribution in [0.15, 0.2) is 23.2 Å². The summed E-state index contributed by atoms with van der Waals surface area (Å²) in [7, 11) is 0. The predicted octanol–water partition coefficient (Wildman–Crippen LogP) is 1.42. The maximum absolute atomic E-state index is 5.85. The van der Waals surface area contributed by atoms with Gasteiger partial charge in [-0.2, -0.15) is 0 Å². The number of aryl methyl sites for hydroxylation is 1. The van der Waals surface area contributed by atoms with Gasteiger partial charge in [0.25, 0.3) is 0 Å². The van der Waals surface area contributed by atoms with Crippen LogP contribution in [0, 0.1) is 6.92 Å². The van der Waals surface area contributed by atoms with Crippen LogP contribution in [0.25, 0.3) is 0 Å². The fraction of sp³-hybridized carbons (Fsp3) is 0.222. The zero-order valence-corrected chi connectivity index (χ0v) is 8.17. The summed E-state index contributed by atoms with van der Waals surface area (Å²) in [6.45, 7) is 2.45. The first-order chi connectivity index (χ1) is 6.08. The molecule has 3 nitrogen and oxygen atoms in total. The molecule has 0 bridgehead atoms. The van der Waals surface area contributed by atoms with Crippen LogP contribution in [-0.4, -0.2) is 5.96 Å². The van der Waals surface area contributed by atoms with Crippen LogP contribution in [0.1, 0.15) is 11.1 Å². The fourth-order valence-corrected chi connectivity index (χ4v) is 1.40. The van der Waals surface area contributed by atoms with E-state index in [-0.39, 0.29) is 5.96 Å². The van der Waals surface area contributed by atoms with E-state index in [1.807, 2.05) is 25.1 Å². The summed E-state index contributed by atoms with van der Waals surface area (Å²) in [5, 5.41) is 0.709. The van der Waals surface area contributed by atoms with Gasteiger partial charge < -0.3 is 11.5 Å². The smallest absolute Gasteiger partial charge is 0.186 e. The van der Waals surface area contributed by atoms with Crippen LogP contribution in [0.4, 0.5) is 0 Å². The number of benzene rings is 1. The molecule has 4 heteroatoms. The van der Waals surface area contributed by atoms with Gasteiger partial charge in [-0.25, -0.2) is 4.99 Å². The number of aliphatic imine (C=N–C) groups is 1. The molecule has 1 aromatic carbocycles. The Morgan fingerprint density at radius 3 is 2.62 bits per heavy atom. The number of nitrogens with two attached hydrogens (primary N) is 2. The van der Waals surface area contributed by atoms with Crippen molar-refractivity contribution in [3.63, 3.8) is 0 Å². The van der Waals surface area contributed by atoms with Gasteiger partial charge in [0.05, 0.1) is 6.54 Å². The predicted molar refractivity (Wildman–Crippen MR) is 55.7 cm³/mol. The molecule has 1 rings (SSSR count). The second-order valence-electron chi connectivity index (χ2n) is 2.88. The van der Waals surface area contributed by atoms with E-state index in [4.69, 9.17) is 23.1 Å². The lowest BCUT2D eigenvalue weighted by molar-refractivity contribution is 1.05. The standard InChI is InChI=1S/C9H12ClN3/c1-6-2-7(4-8(10)3-6)5-13-9(11)12/h2-4H,5H2,1H3,(H4,11,12,13). The molecule has 0 aromatic heterocycles. The molecule has 0 heterocycles. The van der Waals surface area contributed by atoms with E-state index in [1.54, 1.807) is 0 Å². The lowest BCUT2D eigenvalue weighted by atomic mass is 10.1. The van der Waals surface area contributed by atoms with Gasteiger partial charge >= 0.3 is 0 Å². The Kier molecular flexibility index (Phi) is 3.14. The minimum absolute atomic E-state index is 0.0950. The van der Waals surface area contributed by atoms with Gasteiger partial charge in [-0.1, -0.05) is 17.7 Å². The topological polar surface area (TPSA) is 64.4 Å². The summed E-state index contributed by atoms with van der Waals surface area (Å²) in [6, 6.07) is 5.74. The first-order valence-electron chi connectivity index (χ1n) is 3.89. The van der Waals surface area contributed by atoms with E-state index in [2.05, 4.69) is 4.99 Å². The quantitative estimate of drug-likeness (QED) is 0.557. The second-order valence-corrected chi connectivity index (χ2v) is 3.31. The molecule has 0 atom stereocenters. The molecule has 0 radical (unpaired) electrons. The van der Waals surface area contributed by atoms with Crippen molar-refractivity contribution < 1.29 is 0 Å². The van der Waals surface area contributed by atoms with Gasteiger partial charge in [-0.3, -0.25) is 0 Å². The third-order valence-corrected chi connectivity index (χ3v) is 1.76. The van der Waals surface area contributed by atoms with E-state index in [9.17, 15) is 0 Å². The molecular formula is C9H12ClN3. The fourth-order valence-electron chi connectivity index (χ4n) is 1.09. The van der Waals surface area contributed by atoms with Crippen LogP contribution in [0.5, 0.6) is 0 Å². The maximum Gasteiger partial charge on any atom is 0.186 e. The SMILES string of the molecule is Cc1cc(Cl)cc(CN=C(N)N)c1. The zero-order valence-electron chi connectivity index (χ0n) is 7.42. The molecule has 13 heavy (non-hydrogen) atoms. The Labute approximate surface area is 82.4 Å². The van der Waals surface area contributed by atoms with Crippen molar-refractivity contribution in [2.24, 2.45) is 16.5 Å². The molecule has 4 N–H and O–H groups in total. The molecule has 1 aromatic rings. The third kappa shape index (κ3) is 3.34. The highest BCUT2D eigenvalue weighted by Gasteiger charge is 1.95. The molecule has 0 saturated heterocycles. The zero-order chi connectivity index (χ0) is 9.84. The number of hydrogen-bond acceptors (Lipinski definition) is 1. The summed E-state index contributed by atoms with van der Waals surface area (Å²) >= 11 is 5.85. The molecule has 0 aliphatic carbocycles. The highest BCUT2D eigenvalue weighted by Crippen LogP contribution is 2.14. The van der Waals surface area contributed by atoms with Crippen LogP contribution < -0.4 is 11.5 Å². The van der Waals surface area contributed by atoms with Crippen LogP contribution >= 0.6 is 11.6 Å². The number of rotatable bonds is 2. The van der Waals surface area contributed by atoms with Crippen molar-refractivity contribution >= 4 is 17.6 Å². The average molecular weight is 198 g/mol. The molecular weight excluding hydrogens is 186 g/mol. The van der Waals surface area contributed by atoms with Gasteiger partial charge in [0.1, 0.15) is 0 Å². The average Bonchev–Trinajstić information content (AvgIpc) is 1.99. The summed E-state index contributed by atoms with van der Waals surface area (Å²) in [5.41, 5.74) is 12.5. The van der Waals surface area contributed by atoms with E-state index in [1.165, 1.54) is 0 Å². The lowest BCUT2D eigenvalue weighted by Gasteiger charge is -2.00. The van der Waals surface area contributed by atoms with Gasteiger partial charge in [-0.05, 0) is 30.2 Å². The summed E-state index contributed by atoms with van der Waals surface area (Å²) < 4.78 is 0. The number of guanidine groups is 1. The van der Waals surface area contributed by atoms with Crippen molar-refractivity contribution in [1.82, 2.24) is 0 Å². The van der Waals surface area contributed by atoms with E-state index in [0.29, 0.717) is 11.6 Å². The molecule has 0 amide bonds. The normalized spacial score (nSPS) is 9.69. The monoisotopic (exact) mass is 197 g/mol. The minimum Gasteiger partial charge on any atom is -0.370 e. The van der Waals surface area contributed by atoms with Crippen molar-refractivity contribution in [2.75, 3.05) is 0 Å². The summed E-state index contributed by atoms with van der Waals surface area (Å²) in [6.07, 6.45) is 0. The first-order valence-corrected chi connectivity index (χ1v) is 4.27. The molecule has 70 valence electrons. The van der Waals surface area contributed by atoms with Crippen LogP contribution in [0.2, 0.25) is 5.02 Å².